The molecule has 1 atom stereocenters. The van der Waals surface area contributed by atoms with E-state index in [9.17, 15) is 0 Å². The minimum atomic E-state index is 0.0668. The molecule has 1 aliphatic rings. The maximum atomic E-state index is 3.69. The van der Waals surface area contributed by atoms with E-state index in [4.69, 9.17) is 0 Å². The molecule has 2 aromatic carbocycles. The van der Waals surface area contributed by atoms with E-state index in [0.717, 1.165) is 6.42 Å². The average molecular weight is 265 g/mol. The van der Waals surface area contributed by atoms with Crippen LogP contribution in [0.15, 0.2) is 48.5 Å². The molecule has 1 heterocycles. The van der Waals surface area contributed by atoms with Crippen molar-refractivity contribution in [2.45, 2.75) is 45.1 Å². The Morgan fingerprint density at radius 2 is 1.65 bits per heavy atom. The number of benzene rings is 2. The van der Waals surface area contributed by atoms with E-state index in [1.54, 1.807) is 0 Å². The lowest BCUT2D eigenvalue weighted by Gasteiger charge is -2.46. The van der Waals surface area contributed by atoms with Gasteiger partial charge in [-0.05, 0) is 44.4 Å². The Balaban J connectivity index is 2.23. The molecule has 1 heteroatoms. The summed E-state index contributed by atoms with van der Waals surface area (Å²) >= 11 is 0. The van der Waals surface area contributed by atoms with Gasteiger partial charge >= 0.3 is 0 Å². The SMILES string of the molecule is Cc1ccc2c(c1)[C@](C)(c1ccccc1)CC(C)(C)N2. The Labute approximate surface area is 122 Å². The number of hydrogen-bond acceptors (Lipinski definition) is 1. The maximum Gasteiger partial charge on any atom is 0.0386 e. The van der Waals surface area contributed by atoms with Crippen LogP contribution in [0.1, 0.15) is 43.9 Å². The van der Waals surface area contributed by atoms with Gasteiger partial charge in [-0.2, -0.15) is 0 Å². The van der Waals surface area contributed by atoms with Gasteiger partial charge in [0.1, 0.15) is 0 Å². The number of nitrogens with one attached hydrogen (secondary N) is 1. The fourth-order valence-corrected chi connectivity index (χ4v) is 3.68. The molecule has 20 heavy (non-hydrogen) atoms. The summed E-state index contributed by atoms with van der Waals surface area (Å²) in [6.45, 7) is 9.13. The van der Waals surface area contributed by atoms with Crippen LogP contribution in [-0.4, -0.2) is 5.54 Å². The fraction of sp³-hybridized carbons (Fsp3) is 0.368. The predicted molar refractivity (Wildman–Crippen MR) is 86.4 cm³/mol. The predicted octanol–water partition coefficient (Wildman–Crippen LogP) is 4.90. The number of hydrogen-bond donors (Lipinski definition) is 1. The number of rotatable bonds is 1. The monoisotopic (exact) mass is 265 g/mol. The lowest BCUT2D eigenvalue weighted by atomic mass is 9.66. The topological polar surface area (TPSA) is 12.0 Å². The Morgan fingerprint density at radius 3 is 2.35 bits per heavy atom. The molecule has 1 aliphatic heterocycles. The van der Waals surface area contributed by atoms with Crippen molar-refractivity contribution < 1.29 is 0 Å². The first kappa shape index (κ1) is 13.2. The van der Waals surface area contributed by atoms with Gasteiger partial charge in [-0.15, -0.1) is 0 Å². The fourth-order valence-electron chi connectivity index (χ4n) is 3.68. The Hall–Kier alpha value is -1.76. The second-order valence-electron chi connectivity index (χ2n) is 6.93. The van der Waals surface area contributed by atoms with Crippen LogP contribution in [0.2, 0.25) is 0 Å². The minimum absolute atomic E-state index is 0.0668. The van der Waals surface area contributed by atoms with Gasteiger partial charge in [-0.1, -0.05) is 55.0 Å². The lowest BCUT2D eigenvalue weighted by Crippen LogP contribution is -2.45. The van der Waals surface area contributed by atoms with Crippen molar-refractivity contribution in [2.24, 2.45) is 0 Å². The van der Waals surface area contributed by atoms with E-state index in [0.29, 0.717) is 0 Å². The summed E-state index contributed by atoms with van der Waals surface area (Å²) in [4.78, 5) is 0. The van der Waals surface area contributed by atoms with Crippen molar-refractivity contribution in [2.75, 3.05) is 5.32 Å². The molecule has 2 aromatic rings. The summed E-state index contributed by atoms with van der Waals surface area (Å²) in [6.07, 6.45) is 1.10. The first-order valence-corrected chi connectivity index (χ1v) is 7.36. The standard InChI is InChI=1S/C19H23N/c1-14-10-11-17-16(12-14)19(4,13-18(2,3)20-17)15-8-6-5-7-9-15/h5-12,20H,13H2,1-4H3/t19-/m0/s1. The molecule has 0 amide bonds. The van der Waals surface area contributed by atoms with Crippen molar-refractivity contribution >= 4 is 5.69 Å². The molecule has 0 saturated heterocycles. The number of anilines is 1. The van der Waals surface area contributed by atoms with Gasteiger partial charge in [-0.3, -0.25) is 0 Å². The zero-order chi connectivity index (χ0) is 14.4. The van der Waals surface area contributed by atoms with E-state index < -0.39 is 0 Å². The Bertz CT molecular complexity index is 627. The summed E-state index contributed by atoms with van der Waals surface area (Å²) in [7, 11) is 0. The van der Waals surface area contributed by atoms with Crippen molar-refractivity contribution in [3.63, 3.8) is 0 Å². The molecule has 0 bridgehead atoms. The summed E-state index contributed by atoms with van der Waals surface area (Å²) in [5, 5.41) is 3.69. The van der Waals surface area contributed by atoms with Gasteiger partial charge in [0, 0.05) is 16.6 Å². The van der Waals surface area contributed by atoms with Gasteiger partial charge in [-0.25, -0.2) is 0 Å². The lowest BCUT2D eigenvalue weighted by molar-refractivity contribution is 0.378. The molecule has 0 unspecified atom stereocenters. The second-order valence-corrected chi connectivity index (χ2v) is 6.93. The highest BCUT2D eigenvalue weighted by Gasteiger charge is 2.41. The summed E-state index contributed by atoms with van der Waals surface area (Å²) < 4.78 is 0. The smallest absolute Gasteiger partial charge is 0.0386 e. The van der Waals surface area contributed by atoms with Crippen molar-refractivity contribution in [3.05, 3.63) is 65.2 Å². The summed E-state index contributed by atoms with van der Waals surface area (Å²) in [5.74, 6) is 0. The highest BCUT2D eigenvalue weighted by molar-refractivity contribution is 5.63. The van der Waals surface area contributed by atoms with Crippen LogP contribution in [0, 0.1) is 6.92 Å². The van der Waals surface area contributed by atoms with Crippen LogP contribution in [0.3, 0.4) is 0 Å². The minimum Gasteiger partial charge on any atom is -0.380 e. The summed E-state index contributed by atoms with van der Waals surface area (Å²) in [6, 6.07) is 17.7. The molecule has 0 aromatic heterocycles. The molecule has 3 rings (SSSR count). The Kier molecular flexibility index (Phi) is 2.89. The van der Waals surface area contributed by atoms with E-state index in [2.05, 4.69) is 81.5 Å². The van der Waals surface area contributed by atoms with Gasteiger partial charge in [0.25, 0.3) is 0 Å². The molecule has 0 spiro atoms. The largest absolute Gasteiger partial charge is 0.380 e. The average Bonchev–Trinajstić information content (AvgIpc) is 2.40. The quantitative estimate of drug-likeness (QED) is 0.773. The molecule has 0 fully saturated rings. The molecule has 104 valence electrons. The third-order valence-electron chi connectivity index (χ3n) is 4.45. The van der Waals surface area contributed by atoms with Crippen LogP contribution in [-0.2, 0) is 5.41 Å². The van der Waals surface area contributed by atoms with Gasteiger partial charge in [0.2, 0.25) is 0 Å². The van der Waals surface area contributed by atoms with Crippen molar-refractivity contribution in [3.8, 4) is 0 Å². The normalized spacial score (nSPS) is 23.8. The second kappa shape index (κ2) is 4.37. The molecular weight excluding hydrogens is 242 g/mol. The van der Waals surface area contributed by atoms with Crippen LogP contribution in [0.5, 0.6) is 0 Å². The maximum absolute atomic E-state index is 3.69. The van der Waals surface area contributed by atoms with Crippen LogP contribution in [0.4, 0.5) is 5.69 Å². The zero-order valence-corrected chi connectivity index (χ0v) is 12.8. The van der Waals surface area contributed by atoms with Crippen molar-refractivity contribution in [1.82, 2.24) is 0 Å². The molecule has 0 aliphatic carbocycles. The highest BCUT2D eigenvalue weighted by atomic mass is 15.0. The van der Waals surface area contributed by atoms with E-state index in [-0.39, 0.29) is 11.0 Å². The molecule has 1 nitrogen and oxygen atoms in total. The van der Waals surface area contributed by atoms with Gasteiger partial charge < -0.3 is 5.32 Å². The van der Waals surface area contributed by atoms with Crippen LogP contribution < -0.4 is 5.32 Å². The molecule has 0 radical (unpaired) electrons. The number of fused-ring (bicyclic) bond motifs is 1. The van der Waals surface area contributed by atoms with E-state index in [1.165, 1.54) is 22.4 Å². The van der Waals surface area contributed by atoms with E-state index in [1.807, 2.05) is 0 Å². The molecule has 0 saturated carbocycles. The Morgan fingerprint density at radius 1 is 0.950 bits per heavy atom. The third kappa shape index (κ3) is 2.11. The van der Waals surface area contributed by atoms with Gasteiger partial charge in [0.05, 0.1) is 0 Å². The van der Waals surface area contributed by atoms with Crippen LogP contribution in [0.25, 0.3) is 0 Å². The molecular formula is C19H23N. The number of aryl methyl sites for hydroxylation is 1. The molecule has 1 N–H and O–H groups in total. The zero-order valence-electron chi connectivity index (χ0n) is 12.8. The van der Waals surface area contributed by atoms with E-state index >= 15 is 0 Å². The third-order valence-corrected chi connectivity index (χ3v) is 4.45. The highest BCUT2D eigenvalue weighted by Crippen LogP contribution is 2.47. The van der Waals surface area contributed by atoms with Crippen molar-refractivity contribution in [1.29, 1.82) is 0 Å². The first-order chi connectivity index (χ1) is 9.41. The first-order valence-electron chi connectivity index (χ1n) is 7.36. The van der Waals surface area contributed by atoms with Gasteiger partial charge in [0.15, 0.2) is 0 Å². The van der Waals surface area contributed by atoms with Crippen LogP contribution >= 0.6 is 0 Å². The summed E-state index contributed by atoms with van der Waals surface area (Å²) in [5.41, 5.74) is 5.60.